The molecule has 0 saturated carbocycles. The van der Waals surface area contributed by atoms with Crippen LogP contribution in [0.1, 0.15) is 35.2 Å². The lowest BCUT2D eigenvalue weighted by molar-refractivity contribution is 0.0781. The van der Waals surface area contributed by atoms with Crippen LogP contribution in [0.25, 0.3) is 0 Å². The molecule has 7 nitrogen and oxygen atoms in total. The van der Waals surface area contributed by atoms with E-state index in [1.807, 2.05) is 6.92 Å². The number of carbonyl (C=O) groups excluding carboxylic acids is 1. The average Bonchev–Trinajstić information content (AvgIpc) is 2.96. The third-order valence-electron chi connectivity index (χ3n) is 2.96. The Labute approximate surface area is 123 Å². The van der Waals surface area contributed by atoms with Gasteiger partial charge in [-0.15, -0.1) is 0 Å². The highest BCUT2D eigenvalue weighted by atomic mass is 16.2. The van der Waals surface area contributed by atoms with Gasteiger partial charge in [-0.2, -0.15) is 5.10 Å². The molecular weight excluding hydrogens is 268 g/mol. The second-order valence-corrected chi connectivity index (χ2v) is 4.90. The van der Waals surface area contributed by atoms with Crippen LogP contribution in [0.5, 0.6) is 0 Å². The zero-order valence-corrected chi connectivity index (χ0v) is 12.6. The van der Waals surface area contributed by atoms with E-state index in [2.05, 4.69) is 32.4 Å². The monoisotopic (exact) mass is 288 g/mol. The highest BCUT2D eigenvalue weighted by Gasteiger charge is 2.14. The van der Waals surface area contributed by atoms with Crippen LogP contribution in [-0.2, 0) is 6.54 Å². The molecule has 21 heavy (non-hydrogen) atoms. The van der Waals surface area contributed by atoms with Crippen molar-refractivity contribution < 1.29 is 4.79 Å². The molecule has 0 atom stereocenters. The number of nitrogens with one attached hydrogen (secondary N) is 2. The molecule has 7 heteroatoms. The molecule has 0 radical (unpaired) electrons. The SMILES string of the molecule is CCCNc1cc(C(=O)N(C)Cc2ncn[nH]2)cc(C)n1. The number of aryl methyl sites for hydroxylation is 1. The first-order chi connectivity index (χ1) is 10.1. The largest absolute Gasteiger partial charge is 0.370 e. The summed E-state index contributed by atoms with van der Waals surface area (Å²) in [7, 11) is 1.74. The van der Waals surface area contributed by atoms with E-state index >= 15 is 0 Å². The number of rotatable bonds is 6. The topological polar surface area (TPSA) is 86.8 Å². The third kappa shape index (κ3) is 4.01. The van der Waals surface area contributed by atoms with Gasteiger partial charge in [-0.05, 0) is 25.5 Å². The summed E-state index contributed by atoms with van der Waals surface area (Å²) in [5, 5.41) is 9.73. The zero-order valence-electron chi connectivity index (χ0n) is 12.6. The van der Waals surface area contributed by atoms with Crippen LogP contribution in [0.2, 0.25) is 0 Å². The van der Waals surface area contributed by atoms with Crippen LogP contribution >= 0.6 is 0 Å². The lowest BCUT2D eigenvalue weighted by Crippen LogP contribution is -2.27. The highest BCUT2D eigenvalue weighted by molar-refractivity contribution is 5.94. The Morgan fingerprint density at radius 3 is 2.90 bits per heavy atom. The number of pyridine rings is 1. The molecule has 1 amide bonds. The van der Waals surface area contributed by atoms with E-state index in [4.69, 9.17) is 0 Å². The molecule has 0 bridgehead atoms. The second kappa shape index (κ2) is 6.83. The van der Waals surface area contributed by atoms with Gasteiger partial charge in [0, 0.05) is 24.8 Å². The minimum atomic E-state index is -0.0727. The fraction of sp³-hybridized carbons (Fsp3) is 0.429. The van der Waals surface area contributed by atoms with Crippen LogP contribution in [0, 0.1) is 6.92 Å². The zero-order chi connectivity index (χ0) is 15.2. The lowest BCUT2D eigenvalue weighted by Gasteiger charge is -2.16. The summed E-state index contributed by atoms with van der Waals surface area (Å²) >= 11 is 0. The van der Waals surface area contributed by atoms with E-state index in [1.165, 1.54) is 6.33 Å². The van der Waals surface area contributed by atoms with Gasteiger partial charge in [0.05, 0.1) is 6.54 Å². The van der Waals surface area contributed by atoms with Crippen molar-refractivity contribution >= 4 is 11.7 Å². The number of H-pyrrole nitrogens is 1. The fourth-order valence-electron chi connectivity index (χ4n) is 1.96. The van der Waals surface area contributed by atoms with Crippen LogP contribution in [0.15, 0.2) is 18.5 Å². The Kier molecular flexibility index (Phi) is 4.86. The maximum atomic E-state index is 12.5. The van der Waals surface area contributed by atoms with Crippen molar-refractivity contribution in [2.75, 3.05) is 18.9 Å². The number of carbonyl (C=O) groups is 1. The number of aromatic nitrogens is 4. The van der Waals surface area contributed by atoms with Crippen LogP contribution in [0.3, 0.4) is 0 Å². The Balaban J connectivity index is 2.12. The predicted octanol–water partition coefficient (Wildman–Crippen LogP) is 1.60. The van der Waals surface area contributed by atoms with Gasteiger partial charge in [0.15, 0.2) is 0 Å². The number of anilines is 1. The molecule has 112 valence electrons. The first-order valence-corrected chi connectivity index (χ1v) is 6.92. The molecule has 2 aromatic rings. The number of hydrogen-bond donors (Lipinski definition) is 2. The quantitative estimate of drug-likeness (QED) is 0.843. The van der Waals surface area contributed by atoms with Gasteiger partial charge in [0.25, 0.3) is 5.91 Å². The number of amides is 1. The van der Waals surface area contributed by atoms with Crippen molar-refractivity contribution in [3.63, 3.8) is 0 Å². The summed E-state index contributed by atoms with van der Waals surface area (Å²) in [4.78, 5) is 22.5. The third-order valence-corrected chi connectivity index (χ3v) is 2.96. The first-order valence-electron chi connectivity index (χ1n) is 6.92. The van der Waals surface area contributed by atoms with Gasteiger partial charge in [0.1, 0.15) is 18.0 Å². The lowest BCUT2D eigenvalue weighted by atomic mass is 10.2. The normalized spacial score (nSPS) is 10.4. The standard InChI is InChI=1S/C14H20N6O/c1-4-5-15-12-7-11(6-10(2)18-12)14(21)20(3)8-13-16-9-17-19-13/h6-7,9H,4-5,8H2,1-3H3,(H,15,18)(H,16,17,19). The summed E-state index contributed by atoms with van der Waals surface area (Å²) in [6.07, 6.45) is 2.43. The number of nitrogens with zero attached hydrogens (tertiary/aromatic N) is 4. The van der Waals surface area contributed by atoms with Crippen LogP contribution < -0.4 is 5.32 Å². The van der Waals surface area contributed by atoms with E-state index < -0.39 is 0 Å². The fourth-order valence-corrected chi connectivity index (χ4v) is 1.96. The van der Waals surface area contributed by atoms with Crippen molar-refractivity contribution in [2.24, 2.45) is 0 Å². The average molecular weight is 288 g/mol. The molecule has 0 aromatic carbocycles. The summed E-state index contributed by atoms with van der Waals surface area (Å²) in [5.74, 6) is 1.31. The number of hydrogen-bond acceptors (Lipinski definition) is 5. The van der Waals surface area contributed by atoms with Crippen LogP contribution in [-0.4, -0.2) is 44.6 Å². The Morgan fingerprint density at radius 2 is 2.24 bits per heavy atom. The van der Waals surface area contributed by atoms with E-state index in [0.29, 0.717) is 17.9 Å². The minimum Gasteiger partial charge on any atom is -0.370 e. The Hall–Kier alpha value is -2.44. The molecule has 2 heterocycles. The molecule has 0 aliphatic rings. The van der Waals surface area contributed by atoms with Gasteiger partial charge in [-0.25, -0.2) is 9.97 Å². The molecule has 0 unspecified atom stereocenters. The van der Waals surface area contributed by atoms with Crippen molar-refractivity contribution in [3.05, 3.63) is 35.5 Å². The van der Waals surface area contributed by atoms with Crippen molar-refractivity contribution in [2.45, 2.75) is 26.8 Å². The smallest absolute Gasteiger partial charge is 0.254 e. The van der Waals surface area contributed by atoms with Gasteiger partial charge in [0.2, 0.25) is 0 Å². The van der Waals surface area contributed by atoms with Gasteiger partial charge >= 0.3 is 0 Å². The van der Waals surface area contributed by atoms with Crippen molar-refractivity contribution in [1.29, 1.82) is 0 Å². The van der Waals surface area contributed by atoms with Crippen molar-refractivity contribution in [3.8, 4) is 0 Å². The molecule has 2 N–H and O–H groups in total. The minimum absolute atomic E-state index is 0.0727. The summed E-state index contributed by atoms with van der Waals surface area (Å²) in [6, 6.07) is 3.57. The second-order valence-electron chi connectivity index (χ2n) is 4.90. The van der Waals surface area contributed by atoms with E-state index in [1.54, 1.807) is 24.1 Å². The molecule has 0 aliphatic heterocycles. The maximum Gasteiger partial charge on any atom is 0.254 e. The van der Waals surface area contributed by atoms with E-state index in [0.717, 1.165) is 24.5 Å². The van der Waals surface area contributed by atoms with E-state index in [-0.39, 0.29) is 5.91 Å². The van der Waals surface area contributed by atoms with E-state index in [9.17, 15) is 4.79 Å². The Bertz CT molecular complexity index is 596. The molecule has 0 fully saturated rings. The van der Waals surface area contributed by atoms with Crippen LogP contribution in [0.4, 0.5) is 5.82 Å². The number of aromatic amines is 1. The molecule has 2 rings (SSSR count). The van der Waals surface area contributed by atoms with Gasteiger partial charge in [-0.1, -0.05) is 6.92 Å². The van der Waals surface area contributed by atoms with Gasteiger partial charge in [-0.3, -0.25) is 9.89 Å². The maximum absolute atomic E-state index is 12.5. The van der Waals surface area contributed by atoms with Crippen molar-refractivity contribution in [1.82, 2.24) is 25.1 Å². The summed E-state index contributed by atoms with van der Waals surface area (Å²) < 4.78 is 0. The summed E-state index contributed by atoms with van der Waals surface area (Å²) in [6.45, 7) is 5.18. The summed E-state index contributed by atoms with van der Waals surface area (Å²) in [5.41, 5.74) is 1.43. The highest BCUT2D eigenvalue weighted by Crippen LogP contribution is 2.13. The first kappa shape index (κ1) is 15.0. The molecule has 2 aromatic heterocycles. The predicted molar refractivity (Wildman–Crippen MR) is 79.9 cm³/mol. The molecule has 0 saturated heterocycles. The molecule has 0 aliphatic carbocycles. The Morgan fingerprint density at radius 1 is 1.43 bits per heavy atom. The van der Waals surface area contributed by atoms with Gasteiger partial charge < -0.3 is 10.2 Å². The molecular formula is C14H20N6O. The molecule has 0 spiro atoms.